The van der Waals surface area contributed by atoms with Gasteiger partial charge in [0.25, 0.3) is 0 Å². The first kappa shape index (κ1) is 12.9. The summed E-state index contributed by atoms with van der Waals surface area (Å²) in [5, 5.41) is 8.81. The first-order valence-electron chi connectivity index (χ1n) is 5.35. The number of hydrogen-bond acceptors (Lipinski definition) is 2. The molecule has 0 saturated heterocycles. The zero-order valence-electron chi connectivity index (χ0n) is 9.64. The molecule has 0 atom stereocenters. The fourth-order valence-corrected chi connectivity index (χ4v) is 1.65. The van der Waals surface area contributed by atoms with Crippen LogP contribution >= 0.6 is 0 Å². The van der Waals surface area contributed by atoms with E-state index in [2.05, 4.69) is 0 Å². The van der Waals surface area contributed by atoms with Gasteiger partial charge in [0, 0.05) is 24.0 Å². The van der Waals surface area contributed by atoms with Crippen molar-refractivity contribution in [2.24, 2.45) is 0 Å². The van der Waals surface area contributed by atoms with Crippen LogP contribution < -0.4 is 5.43 Å². The number of aromatic carboxylic acids is 1. The van der Waals surface area contributed by atoms with E-state index in [4.69, 9.17) is 5.11 Å². The smallest absolute Gasteiger partial charge is 0.341 e. The number of rotatable bonds is 3. The molecule has 0 bridgehead atoms. The van der Waals surface area contributed by atoms with Crippen LogP contribution in [0.3, 0.4) is 0 Å². The summed E-state index contributed by atoms with van der Waals surface area (Å²) in [5.74, 6) is -3.32. The highest BCUT2D eigenvalue weighted by Crippen LogP contribution is 2.12. The van der Waals surface area contributed by atoms with Crippen molar-refractivity contribution in [1.29, 1.82) is 0 Å². The molecule has 0 aliphatic carbocycles. The average molecular weight is 265 g/mol. The summed E-state index contributed by atoms with van der Waals surface area (Å²) in [6.07, 6.45) is 2.41. The van der Waals surface area contributed by atoms with E-state index in [9.17, 15) is 18.4 Å². The van der Waals surface area contributed by atoms with E-state index >= 15 is 0 Å². The van der Waals surface area contributed by atoms with E-state index in [0.717, 1.165) is 18.3 Å². The van der Waals surface area contributed by atoms with Crippen LogP contribution in [0.25, 0.3) is 0 Å². The van der Waals surface area contributed by atoms with Gasteiger partial charge in [0.2, 0.25) is 0 Å². The molecule has 2 aromatic rings. The Morgan fingerprint density at radius 3 is 2.68 bits per heavy atom. The number of hydrogen-bond donors (Lipinski definition) is 1. The predicted molar refractivity (Wildman–Crippen MR) is 63.1 cm³/mol. The largest absolute Gasteiger partial charge is 0.477 e. The van der Waals surface area contributed by atoms with Crippen molar-refractivity contribution in [2.75, 3.05) is 0 Å². The molecule has 0 unspecified atom stereocenters. The summed E-state index contributed by atoms with van der Waals surface area (Å²) in [6.45, 7) is -0.0653. The Bertz CT molecular complexity index is 695. The SMILES string of the molecule is O=C(O)c1cn(Cc2cccc(F)c2F)ccc1=O. The molecule has 0 amide bonds. The lowest BCUT2D eigenvalue weighted by Gasteiger charge is -2.08. The van der Waals surface area contributed by atoms with Crippen molar-refractivity contribution in [2.45, 2.75) is 6.54 Å². The van der Waals surface area contributed by atoms with Gasteiger partial charge < -0.3 is 9.67 Å². The Hall–Kier alpha value is -2.50. The molecule has 0 fully saturated rings. The number of carboxylic acids is 1. The molecule has 0 aliphatic rings. The van der Waals surface area contributed by atoms with E-state index < -0.39 is 28.6 Å². The Morgan fingerprint density at radius 1 is 1.26 bits per heavy atom. The fraction of sp³-hybridized carbons (Fsp3) is 0.0769. The average Bonchev–Trinajstić information content (AvgIpc) is 2.37. The number of carbonyl (C=O) groups is 1. The summed E-state index contributed by atoms with van der Waals surface area (Å²) in [4.78, 5) is 22.1. The highest BCUT2D eigenvalue weighted by Gasteiger charge is 2.11. The number of halogens is 2. The summed E-state index contributed by atoms with van der Waals surface area (Å²) >= 11 is 0. The maximum Gasteiger partial charge on any atom is 0.341 e. The molecule has 98 valence electrons. The van der Waals surface area contributed by atoms with Crippen molar-refractivity contribution in [3.05, 3.63) is 69.6 Å². The summed E-state index contributed by atoms with van der Waals surface area (Å²) < 4.78 is 27.8. The molecule has 0 aliphatic heterocycles. The topological polar surface area (TPSA) is 59.3 Å². The van der Waals surface area contributed by atoms with E-state index in [1.165, 1.54) is 22.9 Å². The number of nitrogens with zero attached hydrogens (tertiary/aromatic N) is 1. The minimum atomic E-state index is -1.36. The molecular weight excluding hydrogens is 256 g/mol. The lowest BCUT2D eigenvalue weighted by atomic mass is 10.2. The van der Waals surface area contributed by atoms with Gasteiger partial charge in [-0.25, -0.2) is 13.6 Å². The van der Waals surface area contributed by atoms with Gasteiger partial charge in [-0.2, -0.15) is 0 Å². The molecule has 0 saturated carbocycles. The zero-order chi connectivity index (χ0) is 14.0. The van der Waals surface area contributed by atoms with Crippen molar-refractivity contribution >= 4 is 5.97 Å². The van der Waals surface area contributed by atoms with Gasteiger partial charge in [-0.1, -0.05) is 12.1 Å². The van der Waals surface area contributed by atoms with Gasteiger partial charge in [0.15, 0.2) is 17.1 Å². The minimum absolute atomic E-state index is 0.0653. The second-order valence-electron chi connectivity index (χ2n) is 3.91. The quantitative estimate of drug-likeness (QED) is 0.921. The minimum Gasteiger partial charge on any atom is -0.477 e. The number of benzene rings is 1. The van der Waals surface area contributed by atoms with Crippen molar-refractivity contribution in [3.8, 4) is 0 Å². The molecular formula is C13H9F2NO3. The van der Waals surface area contributed by atoms with Crippen LogP contribution in [0.15, 0.2) is 41.5 Å². The van der Waals surface area contributed by atoms with E-state index in [1.807, 2.05) is 0 Å². The summed E-state index contributed by atoms with van der Waals surface area (Å²) in [7, 11) is 0. The molecule has 4 nitrogen and oxygen atoms in total. The van der Waals surface area contributed by atoms with Gasteiger partial charge in [-0.15, -0.1) is 0 Å². The van der Waals surface area contributed by atoms with E-state index in [0.29, 0.717) is 0 Å². The summed E-state index contributed by atoms with van der Waals surface area (Å²) in [5.41, 5.74) is -0.984. The van der Waals surface area contributed by atoms with Crippen molar-refractivity contribution in [3.63, 3.8) is 0 Å². The molecule has 1 aromatic heterocycles. The Balaban J connectivity index is 2.39. The van der Waals surface area contributed by atoms with Gasteiger partial charge in [-0.05, 0) is 6.07 Å². The van der Waals surface area contributed by atoms with Crippen LogP contribution in [0, 0.1) is 11.6 Å². The predicted octanol–water partition coefficient (Wildman–Crippen LogP) is 1.87. The molecule has 1 aromatic carbocycles. The van der Waals surface area contributed by atoms with Crippen molar-refractivity contribution < 1.29 is 18.7 Å². The van der Waals surface area contributed by atoms with Crippen molar-refractivity contribution in [1.82, 2.24) is 4.57 Å². The van der Waals surface area contributed by atoms with Gasteiger partial charge in [0.05, 0.1) is 6.54 Å². The Morgan fingerprint density at radius 2 is 2.00 bits per heavy atom. The normalized spacial score (nSPS) is 10.4. The maximum absolute atomic E-state index is 13.5. The lowest BCUT2D eigenvalue weighted by molar-refractivity contribution is 0.0694. The first-order valence-corrected chi connectivity index (χ1v) is 5.35. The molecule has 1 N–H and O–H groups in total. The van der Waals surface area contributed by atoms with E-state index in [1.54, 1.807) is 0 Å². The van der Waals surface area contributed by atoms with Gasteiger partial charge >= 0.3 is 5.97 Å². The van der Waals surface area contributed by atoms with Crippen LogP contribution in [0.4, 0.5) is 8.78 Å². The Labute approximate surface area is 106 Å². The van der Waals surface area contributed by atoms with Gasteiger partial charge in [-0.3, -0.25) is 4.79 Å². The van der Waals surface area contributed by atoms with Crippen LogP contribution in [0.1, 0.15) is 15.9 Å². The molecule has 1 heterocycles. The third-order valence-electron chi connectivity index (χ3n) is 2.59. The second-order valence-corrected chi connectivity index (χ2v) is 3.91. The lowest BCUT2D eigenvalue weighted by Crippen LogP contribution is -2.17. The Kier molecular flexibility index (Phi) is 3.41. The van der Waals surface area contributed by atoms with Gasteiger partial charge in [0.1, 0.15) is 5.56 Å². The molecule has 0 radical (unpaired) electrons. The third kappa shape index (κ3) is 2.67. The highest BCUT2D eigenvalue weighted by atomic mass is 19.2. The monoisotopic (exact) mass is 265 g/mol. The fourth-order valence-electron chi connectivity index (χ4n) is 1.65. The maximum atomic E-state index is 13.5. The first-order chi connectivity index (χ1) is 8.99. The van der Waals surface area contributed by atoms with Crippen LogP contribution in [0.2, 0.25) is 0 Å². The number of pyridine rings is 1. The molecule has 19 heavy (non-hydrogen) atoms. The van der Waals surface area contributed by atoms with E-state index in [-0.39, 0.29) is 12.1 Å². The van der Waals surface area contributed by atoms with Crippen LogP contribution in [-0.4, -0.2) is 15.6 Å². The third-order valence-corrected chi connectivity index (χ3v) is 2.59. The highest BCUT2D eigenvalue weighted by molar-refractivity contribution is 5.86. The number of carboxylic acid groups (broad SMARTS) is 1. The standard InChI is InChI=1S/C13H9F2NO3/c14-10-3-1-2-8(12(10)15)6-16-5-4-11(17)9(7-16)13(18)19/h1-5,7H,6H2,(H,18,19). The van der Waals surface area contributed by atoms with Crippen LogP contribution in [-0.2, 0) is 6.54 Å². The zero-order valence-corrected chi connectivity index (χ0v) is 9.64. The molecule has 0 spiro atoms. The second kappa shape index (κ2) is 5.01. The van der Waals surface area contributed by atoms with Crippen LogP contribution in [0.5, 0.6) is 0 Å². The number of aromatic nitrogens is 1. The molecule has 6 heteroatoms. The molecule has 2 rings (SSSR count). The summed E-state index contributed by atoms with van der Waals surface area (Å²) in [6, 6.07) is 4.80.